The topological polar surface area (TPSA) is 60.4 Å². The largest absolute Gasteiger partial charge is 0.461 e. The lowest BCUT2D eigenvalue weighted by atomic mass is 9.52. The Bertz CT molecular complexity index is 788. The second-order valence-electron chi connectivity index (χ2n) is 9.41. The molecular formula is C23H30O4. The van der Waals surface area contributed by atoms with Crippen molar-refractivity contribution in [2.24, 2.45) is 22.7 Å². The van der Waals surface area contributed by atoms with Crippen molar-refractivity contribution in [1.82, 2.24) is 0 Å². The Morgan fingerprint density at radius 2 is 1.85 bits per heavy atom. The maximum Gasteiger partial charge on any atom is 0.302 e. The molecule has 0 aromatic rings. The SMILES string of the molecule is CC(=O)O[C@@H]1CC2=C(CC[C@H]3[C@H]2CCC2=CC(=O)CC[C@@]23C)[C@]1(C)C(C)=O. The van der Waals surface area contributed by atoms with Crippen LogP contribution in [0.5, 0.6) is 0 Å². The summed E-state index contributed by atoms with van der Waals surface area (Å²) in [6, 6.07) is 0. The van der Waals surface area contributed by atoms with Crippen LogP contribution in [0, 0.1) is 22.7 Å². The van der Waals surface area contributed by atoms with Crippen LogP contribution in [0.4, 0.5) is 0 Å². The van der Waals surface area contributed by atoms with Gasteiger partial charge < -0.3 is 4.74 Å². The number of hydrogen-bond acceptors (Lipinski definition) is 4. The average molecular weight is 370 g/mol. The lowest BCUT2D eigenvalue weighted by molar-refractivity contribution is -0.153. The average Bonchev–Trinajstić information content (AvgIpc) is 2.89. The van der Waals surface area contributed by atoms with Gasteiger partial charge in [-0.1, -0.05) is 23.6 Å². The molecule has 0 bridgehead atoms. The van der Waals surface area contributed by atoms with Crippen LogP contribution in [-0.4, -0.2) is 23.6 Å². The number of carbonyl (C=O) groups is 3. The van der Waals surface area contributed by atoms with Crippen LogP contribution >= 0.6 is 0 Å². The Kier molecular flexibility index (Phi) is 4.25. The number of ketones is 2. The summed E-state index contributed by atoms with van der Waals surface area (Å²) in [6.07, 6.45) is 7.81. The van der Waals surface area contributed by atoms with Gasteiger partial charge in [0.25, 0.3) is 0 Å². The Balaban J connectivity index is 1.72. The van der Waals surface area contributed by atoms with Crippen LogP contribution in [0.3, 0.4) is 0 Å². The summed E-state index contributed by atoms with van der Waals surface area (Å²) < 4.78 is 5.65. The van der Waals surface area contributed by atoms with Gasteiger partial charge >= 0.3 is 5.97 Å². The highest BCUT2D eigenvalue weighted by molar-refractivity contribution is 5.91. The van der Waals surface area contributed by atoms with Crippen molar-refractivity contribution in [1.29, 1.82) is 0 Å². The molecule has 0 saturated heterocycles. The summed E-state index contributed by atoms with van der Waals surface area (Å²) in [5.74, 6) is 1.04. The van der Waals surface area contributed by atoms with Gasteiger partial charge in [0.05, 0.1) is 5.41 Å². The molecule has 0 radical (unpaired) electrons. The number of ether oxygens (including phenoxy) is 1. The van der Waals surface area contributed by atoms with Crippen LogP contribution < -0.4 is 0 Å². The molecule has 0 N–H and O–H groups in total. The molecule has 1 saturated carbocycles. The first-order valence-electron chi connectivity index (χ1n) is 10.3. The van der Waals surface area contributed by atoms with E-state index in [-0.39, 0.29) is 29.1 Å². The number of esters is 1. The Morgan fingerprint density at radius 3 is 2.52 bits per heavy atom. The highest BCUT2D eigenvalue weighted by atomic mass is 16.5. The first kappa shape index (κ1) is 18.6. The molecule has 0 unspecified atom stereocenters. The lowest BCUT2D eigenvalue weighted by Crippen LogP contribution is -2.44. The van der Waals surface area contributed by atoms with Crippen molar-refractivity contribution in [3.8, 4) is 0 Å². The van der Waals surface area contributed by atoms with Gasteiger partial charge in [0.2, 0.25) is 0 Å². The van der Waals surface area contributed by atoms with Gasteiger partial charge in [-0.15, -0.1) is 0 Å². The first-order valence-corrected chi connectivity index (χ1v) is 10.3. The van der Waals surface area contributed by atoms with E-state index in [1.54, 1.807) is 6.92 Å². The van der Waals surface area contributed by atoms with Crippen LogP contribution in [0.15, 0.2) is 22.8 Å². The minimum absolute atomic E-state index is 0.0987. The van der Waals surface area contributed by atoms with Crippen LogP contribution in [0.25, 0.3) is 0 Å². The fourth-order valence-electron chi connectivity index (χ4n) is 6.60. The third-order valence-corrected chi connectivity index (χ3v) is 8.24. The summed E-state index contributed by atoms with van der Waals surface area (Å²) >= 11 is 0. The third kappa shape index (κ3) is 2.59. The van der Waals surface area contributed by atoms with Gasteiger partial charge in [0, 0.05) is 19.8 Å². The second kappa shape index (κ2) is 6.15. The molecule has 27 heavy (non-hydrogen) atoms. The maximum atomic E-state index is 12.6. The van der Waals surface area contributed by atoms with E-state index in [0.29, 0.717) is 24.7 Å². The molecule has 0 aromatic carbocycles. The summed E-state index contributed by atoms with van der Waals surface area (Å²) in [5, 5.41) is 0. The van der Waals surface area contributed by atoms with Crippen LogP contribution in [-0.2, 0) is 19.1 Å². The smallest absolute Gasteiger partial charge is 0.302 e. The first-order chi connectivity index (χ1) is 12.7. The Morgan fingerprint density at radius 1 is 1.11 bits per heavy atom. The lowest BCUT2D eigenvalue weighted by Gasteiger charge is -2.52. The van der Waals surface area contributed by atoms with Gasteiger partial charge in [-0.2, -0.15) is 0 Å². The van der Waals surface area contributed by atoms with Crippen LogP contribution in [0.2, 0.25) is 0 Å². The van der Waals surface area contributed by atoms with E-state index < -0.39 is 5.41 Å². The van der Waals surface area contributed by atoms with Crippen molar-refractivity contribution < 1.29 is 19.1 Å². The third-order valence-electron chi connectivity index (χ3n) is 8.24. The van der Waals surface area contributed by atoms with Crippen molar-refractivity contribution in [2.75, 3.05) is 0 Å². The van der Waals surface area contributed by atoms with E-state index in [4.69, 9.17) is 4.74 Å². The van der Waals surface area contributed by atoms with E-state index >= 15 is 0 Å². The van der Waals surface area contributed by atoms with E-state index in [0.717, 1.165) is 32.1 Å². The predicted octanol–water partition coefficient (Wildman–Crippen LogP) is 4.33. The monoisotopic (exact) mass is 370 g/mol. The predicted molar refractivity (Wildman–Crippen MR) is 102 cm³/mol. The maximum absolute atomic E-state index is 12.6. The van der Waals surface area contributed by atoms with Crippen molar-refractivity contribution >= 4 is 17.5 Å². The van der Waals surface area contributed by atoms with Crippen molar-refractivity contribution in [2.45, 2.75) is 78.7 Å². The van der Waals surface area contributed by atoms with E-state index in [1.165, 1.54) is 23.6 Å². The summed E-state index contributed by atoms with van der Waals surface area (Å²) in [7, 11) is 0. The summed E-state index contributed by atoms with van der Waals surface area (Å²) in [5.41, 5.74) is 3.39. The standard InChI is InChI=1S/C23H30O4/c1-13(24)23(4)20-8-7-19-17(18(20)12-21(23)27-14(2)25)6-5-15-11-16(26)9-10-22(15,19)3/h11,17,19,21H,5-10,12H2,1-4H3/t17-,19-,21+,22-,23-/m0/s1. The molecule has 0 aromatic heterocycles. The summed E-state index contributed by atoms with van der Waals surface area (Å²) in [4.78, 5) is 36.2. The highest BCUT2D eigenvalue weighted by Gasteiger charge is 2.57. The number of carbonyl (C=O) groups excluding carboxylic acids is 3. The van der Waals surface area contributed by atoms with Gasteiger partial charge in [-0.25, -0.2) is 0 Å². The molecule has 4 aliphatic carbocycles. The molecule has 0 aliphatic heterocycles. The number of allylic oxidation sites excluding steroid dienone is 2. The molecule has 1 fully saturated rings. The van der Waals surface area contributed by atoms with E-state index in [9.17, 15) is 14.4 Å². The van der Waals surface area contributed by atoms with Crippen molar-refractivity contribution in [3.63, 3.8) is 0 Å². The number of hydrogen-bond donors (Lipinski definition) is 0. The van der Waals surface area contributed by atoms with Gasteiger partial charge in [0.15, 0.2) is 5.78 Å². The van der Waals surface area contributed by atoms with Gasteiger partial charge in [0.1, 0.15) is 11.9 Å². The minimum Gasteiger partial charge on any atom is -0.461 e. The zero-order valence-corrected chi connectivity index (χ0v) is 16.9. The molecule has 146 valence electrons. The van der Waals surface area contributed by atoms with Crippen LogP contribution in [0.1, 0.15) is 72.6 Å². The second-order valence-corrected chi connectivity index (χ2v) is 9.41. The fraction of sp³-hybridized carbons (Fsp3) is 0.696. The zero-order chi connectivity index (χ0) is 19.6. The minimum atomic E-state index is -0.675. The molecule has 0 heterocycles. The number of Topliss-reactive ketones (excluding diaryl/α,β-unsaturated/α-hetero) is 1. The Hall–Kier alpha value is -1.71. The molecule has 0 spiro atoms. The van der Waals surface area contributed by atoms with E-state index in [2.05, 4.69) is 6.92 Å². The molecule has 0 amide bonds. The molecular weight excluding hydrogens is 340 g/mol. The number of fused-ring (bicyclic) bond motifs is 4. The quantitative estimate of drug-likeness (QED) is 0.536. The molecule has 5 atom stereocenters. The van der Waals surface area contributed by atoms with Gasteiger partial charge in [-0.05, 0) is 69.3 Å². The normalized spacial score (nSPS) is 40.7. The molecule has 4 nitrogen and oxygen atoms in total. The van der Waals surface area contributed by atoms with E-state index in [1.807, 2.05) is 13.0 Å². The highest BCUT2D eigenvalue weighted by Crippen LogP contribution is 2.62. The summed E-state index contributed by atoms with van der Waals surface area (Å²) in [6.45, 7) is 7.38. The molecule has 4 rings (SSSR count). The molecule has 4 aliphatic rings. The zero-order valence-electron chi connectivity index (χ0n) is 16.9. The fourth-order valence-corrected chi connectivity index (χ4v) is 6.60. The van der Waals surface area contributed by atoms with Crippen molar-refractivity contribution in [3.05, 3.63) is 22.8 Å². The number of rotatable bonds is 2. The van der Waals surface area contributed by atoms with Gasteiger partial charge in [-0.3, -0.25) is 14.4 Å². The Labute approximate surface area is 161 Å². The molecule has 4 heteroatoms.